The lowest BCUT2D eigenvalue weighted by molar-refractivity contribution is -0.443. The van der Waals surface area contributed by atoms with Crippen LogP contribution >= 0.6 is 7.82 Å². The van der Waals surface area contributed by atoms with Crippen LogP contribution in [0.15, 0.2) is 0 Å². The summed E-state index contributed by atoms with van der Waals surface area (Å²) in [6.45, 7) is 1.97. The zero-order valence-corrected chi connectivity index (χ0v) is 16.9. The van der Waals surface area contributed by atoms with Crippen LogP contribution in [0.5, 0.6) is 0 Å². The molecule has 0 radical (unpaired) electrons. The van der Waals surface area contributed by atoms with Gasteiger partial charge in [-0.3, -0.25) is 4.57 Å². The molecule has 3 atom stereocenters. The molecule has 1 unspecified atom stereocenters. The van der Waals surface area contributed by atoms with E-state index in [2.05, 4.69) is 17.2 Å². The van der Waals surface area contributed by atoms with Crippen LogP contribution in [-0.4, -0.2) is 28.8 Å². The molecular weight excluding hydrogens is 341 g/mol. The molecule has 0 aromatic heterocycles. The number of phosphoric acid groups is 1. The van der Waals surface area contributed by atoms with E-state index in [4.69, 9.17) is 4.89 Å². The van der Waals surface area contributed by atoms with E-state index in [1.54, 1.807) is 0 Å². The van der Waals surface area contributed by atoms with Crippen LogP contribution in [0, 0.1) is 0 Å². The minimum Gasteiger partial charge on any atom is -0.756 e. The fourth-order valence-electron chi connectivity index (χ4n) is 2.91. The molecular formula is C18H40NO5P. The number of phosphoric ester groups is 1. The highest BCUT2D eigenvalue weighted by molar-refractivity contribution is 7.44. The summed E-state index contributed by atoms with van der Waals surface area (Å²) in [5.41, 5.74) is 3.68. The summed E-state index contributed by atoms with van der Waals surface area (Å²) in [4.78, 5) is 19.0. The number of aliphatic hydroxyl groups excluding tert-OH is 1. The molecule has 0 fully saturated rings. The normalized spacial score (nSPS) is 16.5. The van der Waals surface area contributed by atoms with Gasteiger partial charge in [0, 0.05) is 0 Å². The number of hydrogen-bond donors (Lipinski definition) is 3. The SMILES string of the molecule is CCCCCCCCCCCCCCC[C@H](O)[C@@H]([NH3+])COP(=O)([O-])O. The molecule has 25 heavy (non-hydrogen) atoms. The molecule has 152 valence electrons. The van der Waals surface area contributed by atoms with E-state index in [-0.39, 0.29) is 6.61 Å². The Balaban J connectivity index is 3.33. The maximum absolute atomic E-state index is 10.5. The molecule has 0 heterocycles. The molecule has 0 saturated heterocycles. The highest BCUT2D eigenvalue weighted by Gasteiger charge is 2.19. The minimum absolute atomic E-state index is 0.281. The number of unbranched alkanes of at least 4 members (excludes halogenated alkanes) is 12. The number of rotatable bonds is 18. The molecule has 0 amide bonds. The highest BCUT2D eigenvalue weighted by atomic mass is 31.2. The van der Waals surface area contributed by atoms with E-state index in [0.29, 0.717) is 6.42 Å². The van der Waals surface area contributed by atoms with E-state index in [1.807, 2.05) is 0 Å². The largest absolute Gasteiger partial charge is 0.756 e. The Hall–Kier alpha value is 0.0300. The van der Waals surface area contributed by atoms with Crippen LogP contribution in [0.25, 0.3) is 0 Å². The van der Waals surface area contributed by atoms with E-state index in [9.17, 15) is 14.6 Å². The van der Waals surface area contributed by atoms with Gasteiger partial charge in [0.2, 0.25) is 0 Å². The Morgan fingerprint density at radius 2 is 1.32 bits per heavy atom. The molecule has 0 aromatic rings. The van der Waals surface area contributed by atoms with E-state index >= 15 is 0 Å². The number of hydrogen-bond acceptors (Lipinski definition) is 4. The second-order valence-corrected chi connectivity index (χ2v) is 8.32. The average molecular weight is 381 g/mol. The molecule has 7 heteroatoms. The van der Waals surface area contributed by atoms with Crippen molar-refractivity contribution in [1.29, 1.82) is 0 Å². The Morgan fingerprint density at radius 3 is 1.72 bits per heavy atom. The smallest absolute Gasteiger partial charge is 0.265 e. The number of aliphatic hydroxyl groups is 1. The average Bonchev–Trinajstić information content (AvgIpc) is 2.56. The van der Waals surface area contributed by atoms with Gasteiger partial charge in [-0.05, 0) is 6.42 Å². The monoisotopic (exact) mass is 381 g/mol. The zero-order valence-electron chi connectivity index (χ0n) is 16.0. The minimum atomic E-state index is -4.72. The summed E-state index contributed by atoms with van der Waals surface area (Å²) in [5, 5.41) is 9.88. The van der Waals surface area contributed by atoms with Crippen molar-refractivity contribution in [2.45, 2.75) is 109 Å². The molecule has 0 aliphatic rings. The quantitative estimate of drug-likeness (QED) is 0.249. The Kier molecular flexibility index (Phi) is 16.2. The summed E-state index contributed by atoms with van der Waals surface area (Å²) in [5.74, 6) is 0. The summed E-state index contributed by atoms with van der Waals surface area (Å²) < 4.78 is 14.8. The van der Waals surface area contributed by atoms with Gasteiger partial charge in [-0.25, -0.2) is 0 Å². The molecule has 0 spiro atoms. The summed E-state index contributed by atoms with van der Waals surface area (Å²) in [6, 6.07) is -0.549. The second-order valence-electron chi connectivity index (χ2n) is 7.12. The first-order valence-electron chi connectivity index (χ1n) is 10.1. The van der Waals surface area contributed by atoms with Gasteiger partial charge >= 0.3 is 0 Å². The fourth-order valence-corrected chi connectivity index (χ4v) is 3.29. The second kappa shape index (κ2) is 16.2. The lowest BCUT2D eigenvalue weighted by Gasteiger charge is -2.20. The van der Waals surface area contributed by atoms with Gasteiger partial charge in [-0.2, -0.15) is 0 Å². The first-order chi connectivity index (χ1) is 11.9. The van der Waals surface area contributed by atoms with Crippen molar-refractivity contribution in [1.82, 2.24) is 0 Å². The van der Waals surface area contributed by atoms with Gasteiger partial charge in [0.15, 0.2) is 0 Å². The van der Waals surface area contributed by atoms with Gasteiger partial charge in [0.1, 0.15) is 18.8 Å². The third-order valence-corrected chi connectivity index (χ3v) is 5.07. The number of quaternary nitrogens is 1. The topological polar surface area (TPSA) is 117 Å². The molecule has 0 aliphatic carbocycles. The van der Waals surface area contributed by atoms with Crippen LogP contribution < -0.4 is 10.6 Å². The van der Waals surface area contributed by atoms with E-state index in [0.717, 1.165) is 12.8 Å². The van der Waals surface area contributed by atoms with Crippen molar-refractivity contribution in [2.24, 2.45) is 0 Å². The van der Waals surface area contributed by atoms with Crippen LogP contribution in [0.2, 0.25) is 0 Å². The lowest BCUT2D eigenvalue weighted by Crippen LogP contribution is -2.68. The maximum Gasteiger partial charge on any atom is 0.265 e. The van der Waals surface area contributed by atoms with Crippen molar-refractivity contribution in [3.63, 3.8) is 0 Å². The summed E-state index contributed by atoms with van der Waals surface area (Å²) in [7, 11) is -4.72. The van der Waals surface area contributed by atoms with Crippen LogP contribution in [0.4, 0.5) is 0 Å². The predicted molar refractivity (Wildman–Crippen MR) is 98.8 cm³/mol. The van der Waals surface area contributed by atoms with Crippen molar-refractivity contribution in [2.75, 3.05) is 6.61 Å². The molecule has 0 aliphatic heterocycles. The predicted octanol–water partition coefficient (Wildman–Crippen LogP) is 2.92. The highest BCUT2D eigenvalue weighted by Crippen LogP contribution is 2.30. The summed E-state index contributed by atoms with van der Waals surface area (Å²) >= 11 is 0. The van der Waals surface area contributed by atoms with Crippen LogP contribution in [0.1, 0.15) is 96.8 Å². The molecule has 6 nitrogen and oxygen atoms in total. The van der Waals surface area contributed by atoms with Gasteiger partial charge in [0.25, 0.3) is 7.82 Å². The third-order valence-electron chi connectivity index (χ3n) is 4.60. The fraction of sp³-hybridized carbons (Fsp3) is 1.00. The van der Waals surface area contributed by atoms with Gasteiger partial charge in [-0.15, -0.1) is 0 Å². The van der Waals surface area contributed by atoms with Gasteiger partial charge in [0.05, 0.1) is 0 Å². The Labute approximate surface area is 153 Å². The molecule has 0 aromatic carbocycles. The molecule has 0 saturated carbocycles. The van der Waals surface area contributed by atoms with Crippen molar-refractivity contribution in [3.8, 4) is 0 Å². The zero-order chi connectivity index (χ0) is 19.0. The molecule has 0 bridgehead atoms. The van der Waals surface area contributed by atoms with Gasteiger partial charge < -0.3 is 25.2 Å². The van der Waals surface area contributed by atoms with Crippen LogP contribution in [-0.2, 0) is 9.09 Å². The van der Waals surface area contributed by atoms with E-state index in [1.165, 1.54) is 70.6 Å². The van der Waals surface area contributed by atoms with Crippen molar-refractivity contribution < 1.29 is 29.7 Å². The lowest BCUT2D eigenvalue weighted by atomic mass is 10.0. The van der Waals surface area contributed by atoms with Gasteiger partial charge in [-0.1, -0.05) is 90.4 Å². The van der Waals surface area contributed by atoms with Crippen LogP contribution in [0.3, 0.4) is 0 Å². The van der Waals surface area contributed by atoms with Crippen molar-refractivity contribution in [3.05, 3.63) is 0 Å². The molecule has 0 rings (SSSR count). The Bertz CT molecular complexity index is 337. The first kappa shape index (κ1) is 25.0. The van der Waals surface area contributed by atoms with E-state index < -0.39 is 20.0 Å². The van der Waals surface area contributed by atoms with Crippen molar-refractivity contribution >= 4 is 7.82 Å². The third kappa shape index (κ3) is 18.6. The Morgan fingerprint density at radius 1 is 0.920 bits per heavy atom. The standard InChI is InChI=1S/C18H40NO5P/c1-2-3-4-5-6-7-8-9-10-11-12-13-14-15-18(20)17(19)16-24-25(21,22)23/h17-18,20H,2-16,19H2,1H3,(H2,21,22,23)/t17-,18-/m0/s1. The summed E-state index contributed by atoms with van der Waals surface area (Å²) in [6.07, 6.45) is 16.5. The maximum atomic E-state index is 10.5. The first-order valence-corrected chi connectivity index (χ1v) is 11.6. The molecule has 5 N–H and O–H groups in total.